The molecule has 3 nitrogen and oxygen atoms in total. The van der Waals surface area contributed by atoms with Crippen molar-refractivity contribution in [3.8, 4) is 11.1 Å². The lowest BCUT2D eigenvalue weighted by molar-refractivity contribution is 1.15. The molecule has 0 bridgehead atoms. The SMILES string of the molecule is NN=c1ccccc2c(-c3ccccc3)c[nH]c12. The number of aromatic nitrogens is 1. The average Bonchev–Trinajstić information content (AvgIpc) is 2.73. The summed E-state index contributed by atoms with van der Waals surface area (Å²) in [6.07, 6.45) is 1.99. The Hall–Kier alpha value is -2.55. The van der Waals surface area contributed by atoms with Gasteiger partial charge >= 0.3 is 0 Å². The quantitative estimate of drug-likeness (QED) is 0.494. The predicted molar refractivity (Wildman–Crippen MR) is 73.5 cm³/mol. The van der Waals surface area contributed by atoms with Crippen LogP contribution in [0.4, 0.5) is 0 Å². The van der Waals surface area contributed by atoms with Crippen molar-refractivity contribution in [3.63, 3.8) is 0 Å². The van der Waals surface area contributed by atoms with E-state index < -0.39 is 0 Å². The maximum Gasteiger partial charge on any atom is 0.107 e. The molecule has 0 fully saturated rings. The minimum atomic E-state index is 0.761. The Labute approximate surface area is 105 Å². The van der Waals surface area contributed by atoms with E-state index in [0.717, 1.165) is 21.8 Å². The van der Waals surface area contributed by atoms with Crippen LogP contribution in [0.5, 0.6) is 0 Å². The van der Waals surface area contributed by atoms with Crippen LogP contribution < -0.4 is 11.2 Å². The number of rotatable bonds is 1. The molecule has 3 aromatic rings. The van der Waals surface area contributed by atoms with E-state index in [1.807, 2.05) is 42.6 Å². The fraction of sp³-hybridized carbons (Fsp3) is 0. The molecule has 1 aromatic heterocycles. The molecule has 0 atom stereocenters. The van der Waals surface area contributed by atoms with Crippen LogP contribution in [0.3, 0.4) is 0 Å². The average molecular weight is 235 g/mol. The van der Waals surface area contributed by atoms with E-state index in [0.29, 0.717) is 0 Å². The van der Waals surface area contributed by atoms with E-state index in [-0.39, 0.29) is 0 Å². The fourth-order valence-electron chi connectivity index (χ4n) is 2.17. The first-order valence-electron chi connectivity index (χ1n) is 5.80. The molecule has 18 heavy (non-hydrogen) atoms. The molecule has 1 heterocycles. The van der Waals surface area contributed by atoms with Gasteiger partial charge in [-0.1, -0.05) is 48.5 Å². The van der Waals surface area contributed by atoms with Crippen molar-refractivity contribution in [2.24, 2.45) is 10.9 Å². The topological polar surface area (TPSA) is 54.2 Å². The Kier molecular flexibility index (Phi) is 2.57. The van der Waals surface area contributed by atoms with E-state index in [9.17, 15) is 0 Å². The summed E-state index contributed by atoms with van der Waals surface area (Å²) in [5.74, 6) is 5.42. The van der Waals surface area contributed by atoms with Crippen LogP contribution in [-0.2, 0) is 0 Å². The van der Waals surface area contributed by atoms with Crippen molar-refractivity contribution >= 4 is 10.9 Å². The molecule has 0 amide bonds. The van der Waals surface area contributed by atoms with E-state index in [4.69, 9.17) is 5.84 Å². The highest BCUT2D eigenvalue weighted by molar-refractivity contribution is 5.94. The Morgan fingerprint density at radius 2 is 1.61 bits per heavy atom. The molecule has 3 N–H and O–H groups in total. The second-order valence-electron chi connectivity index (χ2n) is 4.09. The van der Waals surface area contributed by atoms with Crippen molar-refractivity contribution in [2.75, 3.05) is 0 Å². The lowest BCUT2D eigenvalue weighted by atomic mass is 10.1. The number of aromatic amines is 1. The van der Waals surface area contributed by atoms with Crippen LogP contribution in [0.1, 0.15) is 0 Å². The minimum absolute atomic E-state index is 0.761. The van der Waals surface area contributed by atoms with Gasteiger partial charge in [-0.05, 0) is 11.6 Å². The molecule has 0 radical (unpaired) electrons. The van der Waals surface area contributed by atoms with Crippen LogP contribution in [0.15, 0.2) is 65.9 Å². The fourth-order valence-corrected chi connectivity index (χ4v) is 2.17. The summed E-state index contributed by atoms with van der Waals surface area (Å²) in [6.45, 7) is 0. The Morgan fingerprint density at radius 3 is 2.39 bits per heavy atom. The highest BCUT2D eigenvalue weighted by Crippen LogP contribution is 2.26. The van der Waals surface area contributed by atoms with Crippen molar-refractivity contribution < 1.29 is 0 Å². The van der Waals surface area contributed by atoms with Crippen LogP contribution in [0.25, 0.3) is 22.0 Å². The molecule has 88 valence electrons. The van der Waals surface area contributed by atoms with Crippen LogP contribution >= 0.6 is 0 Å². The lowest BCUT2D eigenvalue weighted by Gasteiger charge is -1.96. The molecule has 0 aliphatic heterocycles. The smallest absolute Gasteiger partial charge is 0.107 e. The summed E-state index contributed by atoms with van der Waals surface area (Å²) in [5, 5.41) is 5.70. The van der Waals surface area contributed by atoms with Gasteiger partial charge in [0.1, 0.15) is 5.36 Å². The first kappa shape index (κ1) is 10.6. The summed E-state index contributed by atoms with van der Waals surface area (Å²) >= 11 is 0. The van der Waals surface area contributed by atoms with E-state index in [1.165, 1.54) is 5.56 Å². The second kappa shape index (κ2) is 4.37. The van der Waals surface area contributed by atoms with Gasteiger partial charge in [-0.25, -0.2) is 0 Å². The maximum atomic E-state index is 5.42. The summed E-state index contributed by atoms with van der Waals surface area (Å²) in [5.41, 5.74) is 3.30. The third kappa shape index (κ3) is 1.66. The standard InChI is InChI=1S/C15H13N3/c16-18-14-9-5-4-8-12-13(10-17-15(12)14)11-6-2-1-3-7-11/h1-10,17H,16H2. The van der Waals surface area contributed by atoms with Crippen LogP contribution in [0.2, 0.25) is 0 Å². The Morgan fingerprint density at radius 1 is 0.889 bits per heavy atom. The molecule has 3 rings (SSSR count). The summed E-state index contributed by atoms with van der Waals surface area (Å²) in [6, 6.07) is 18.2. The Balaban J connectivity index is 2.39. The number of H-pyrrole nitrogens is 1. The summed E-state index contributed by atoms with van der Waals surface area (Å²) < 4.78 is 0. The Bertz CT molecular complexity index is 742. The molecule has 0 saturated heterocycles. The molecule has 0 spiro atoms. The first-order valence-corrected chi connectivity index (χ1v) is 5.80. The maximum absolute atomic E-state index is 5.42. The number of nitrogens with one attached hydrogen (secondary N) is 1. The number of nitrogens with zero attached hydrogens (tertiary/aromatic N) is 1. The zero-order valence-corrected chi connectivity index (χ0v) is 9.80. The number of fused-ring (bicyclic) bond motifs is 1. The van der Waals surface area contributed by atoms with Crippen LogP contribution in [0, 0.1) is 0 Å². The van der Waals surface area contributed by atoms with Gasteiger partial charge in [0.2, 0.25) is 0 Å². The first-order chi connectivity index (χ1) is 8.90. The molecular weight excluding hydrogens is 222 g/mol. The zero-order valence-electron chi connectivity index (χ0n) is 9.80. The van der Waals surface area contributed by atoms with Gasteiger partial charge in [0.25, 0.3) is 0 Å². The van der Waals surface area contributed by atoms with Gasteiger partial charge in [0.15, 0.2) is 0 Å². The van der Waals surface area contributed by atoms with Gasteiger partial charge in [-0.2, -0.15) is 5.10 Å². The van der Waals surface area contributed by atoms with Gasteiger partial charge < -0.3 is 10.8 Å². The minimum Gasteiger partial charge on any atom is -0.359 e. The number of nitrogens with two attached hydrogens (primary N) is 1. The number of benzene rings is 1. The highest BCUT2D eigenvalue weighted by Gasteiger charge is 2.05. The zero-order chi connectivity index (χ0) is 12.4. The molecular formula is C15H13N3. The van der Waals surface area contributed by atoms with Crippen molar-refractivity contribution in [2.45, 2.75) is 0 Å². The normalized spacial score (nSPS) is 11.9. The number of hydrogen-bond donors (Lipinski definition) is 2. The van der Waals surface area contributed by atoms with Crippen molar-refractivity contribution in [3.05, 3.63) is 66.2 Å². The van der Waals surface area contributed by atoms with Gasteiger partial charge in [-0.3, -0.25) is 0 Å². The molecule has 2 aromatic carbocycles. The number of hydrogen-bond acceptors (Lipinski definition) is 2. The predicted octanol–water partition coefficient (Wildman–Crippen LogP) is 2.61. The third-order valence-corrected chi connectivity index (χ3v) is 3.03. The molecule has 0 saturated carbocycles. The lowest BCUT2D eigenvalue weighted by Crippen LogP contribution is -2.03. The molecule has 0 aliphatic carbocycles. The van der Waals surface area contributed by atoms with Crippen molar-refractivity contribution in [1.82, 2.24) is 4.98 Å². The molecule has 0 aliphatic rings. The van der Waals surface area contributed by atoms with E-state index >= 15 is 0 Å². The molecule has 0 unspecified atom stereocenters. The largest absolute Gasteiger partial charge is 0.359 e. The van der Waals surface area contributed by atoms with E-state index in [2.05, 4.69) is 28.3 Å². The third-order valence-electron chi connectivity index (χ3n) is 3.03. The van der Waals surface area contributed by atoms with Gasteiger partial charge in [-0.15, -0.1) is 0 Å². The monoisotopic (exact) mass is 235 g/mol. The van der Waals surface area contributed by atoms with E-state index in [1.54, 1.807) is 0 Å². The molecule has 3 heteroatoms. The van der Waals surface area contributed by atoms with Crippen molar-refractivity contribution in [1.29, 1.82) is 0 Å². The van der Waals surface area contributed by atoms with Crippen LogP contribution in [-0.4, -0.2) is 4.98 Å². The summed E-state index contributed by atoms with van der Waals surface area (Å²) in [4.78, 5) is 3.25. The van der Waals surface area contributed by atoms with Gasteiger partial charge in [0.05, 0.1) is 5.52 Å². The summed E-state index contributed by atoms with van der Waals surface area (Å²) in [7, 11) is 0. The highest BCUT2D eigenvalue weighted by atomic mass is 15.1. The van der Waals surface area contributed by atoms with Gasteiger partial charge in [0, 0.05) is 17.1 Å². The second-order valence-corrected chi connectivity index (χ2v) is 4.09.